The van der Waals surface area contributed by atoms with Crippen LogP contribution < -0.4 is 0 Å². The fourth-order valence-corrected chi connectivity index (χ4v) is 2.58. The van der Waals surface area contributed by atoms with Crippen LogP contribution in [0.15, 0.2) is 12.7 Å². The molecule has 1 amide bonds. The van der Waals surface area contributed by atoms with E-state index in [1.807, 2.05) is 0 Å². The predicted octanol–water partition coefficient (Wildman–Crippen LogP) is 1.72. The Morgan fingerprint density at radius 3 is 2.33 bits per heavy atom. The molecule has 2 nitrogen and oxygen atoms in total. The molecule has 2 aliphatic heterocycles. The first-order valence-corrected chi connectivity index (χ1v) is 4.77. The molecule has 2 atom stereocenters. The van der Waals surface area contributed by atoms with Crippen molar-refractivity contribution < 1.29 is 4.79 Å². The van der Waals surface area contributed by atoms with Crippen LogP contribution in [-0.2, 0) is 4.79 Å². The van der Waals surface area contributed by atoms with E-state index < -0.39 is 0 Å². The third-order valence-electron chi connectivity index (χ3n) is 3.12. The number of amides is 1. The van der Waals surface area contributed by atoms with E-state index >= 15 is 0 Å². The highest BCUT2D eigenvalue weighted by Gasteiger charge is 2.38. The van der Waals surface area contributed by atoms with E-state index in [-0.39, 0.29) is 5.91 Å². The van der Waals surface area contributed by atoms with Crippen LogP contribution in [0, 0.1) is 0 Å². The Balaban J connectivity index is 2.15. The zero-order valence-electron chi connectivity index (χ0n) is 7.33. The van der Waals surface area contributed by atoms with E-state index in [1.54, 1.807) is 0 Å². The Morgan fingerprint density at radius 2 is 1.83 bits per heavy atom. The van der Waals surface area contributed by atoms with E-state index in [0.29, 0.717) is 12.1 Å². The molecule has 2 heterocycles. The predicted molar refractivity (Wildman–Crippen MR) is 47.7 cm³/mol. The number of carbonyl (C=O) groups is 1. The van der Waals surface area contributed by atoms with Crippen molar-refractivity contribution in [2.45, 2.75) is 44.2 Å². The van der Waals surface area contributed by atoms with Crippen LogP contribution in [0.25, 0.3) is 0 Å². The van der Waals surface area contributed by atoms with Gasteiger partial charge in [-0.05, 0) is 38.2 Å². The highest BCUT2D eigenvalue weighted by atomic mass is 16.2. The molecule has 66 valence electrons. The summed E-state index contributed by atoms with van der Waals surface area (Å²) < 4.78 is 0. The van der Waals surface area contributed by atoms with Crippen molar-refractivity contribution in [1.29, 1.82) is 0 Å². The molecular formula is C10H15NO. The molecule has 0 aromatic heterocycles. The van der Waals surface area contributed by atoms with E-state index in [0.717, 1.165) is 0 Å². The molecule has 0 aliphatic carbocycles. The Morgan fingerprint density at radius 1 is 1.25 bits per heavy atom. The van der Waals surface area contributed by atoms with Gasteiger partial charge in [-0.2, -0.15) is 0 Å². The zero-order valence-corrected chi connectivity index (χ0v) is 7.33. The fraction of sp³-hybridized carbons (Fsp3) is 0.700. The van der Waals surface area contributed by atoms with Crippen LogP contribution in [0.1, 0.15) is 32.1 Å². The van der Waals surface area contributed by atoms with Crippen molar-refractivity contribution in [2.24, 2.45) is 0 Å². The van der Waals surface area contributed by atoms with Gasteiger partial charge in [0.2, 0.25) is 5.91 Å². The van der Waals surface area contributed by atoms with Crippen LogP contribution in [0.4, 0.5) is 0 Å². The van der Waals surface area contributed by atoms with Gasteiger partial charge in [0.05, 0.1) is 0 Å². The molecule has 0 aromatic carbocycles. The maximum Gasteiger partial charge on any atom is 0.246 e. The molecule has 2 fully saturated rings. The summed E-state index contributed by atoms with van der Waals surface area (Å²) in [6, 6.07) is 1.07. The summed E-state index contributed by atoms with van der Waals surface area (Å²) >= 11 is 0. The summed E-state index contributed by atoms with van der Waals surface area (Å²) in [6.07, 6.45) is 7.59. The average molecular weight is 165 g/mol. The Hall–Kier alpha value is -0.790. The number of hydrogen-bond donors (Lipinski definition) is 0. The number of hydrogen-bond acceptors (Lipinski definition) is 1. The van der Waals surface area contributed by atoms with Crippen LogP contribution in [0.3, 0.4) is 0 Å². The van der Waals surface area contributed by atoms with Gasteiger partial charge in [0.25, 0.3) is 0 Å². The number of carbonyl (C=O) groups excluding carboxylic acids is 1. The molecule has 0 unspecified atom stereocenters. The van der Waals surface area contributed by atoms with Gasteiger partial charge in [-0.3, -0.25) is 4.79 Å². The largest absolute Gasteiger partial charge is 0.333 e. The topological polar surface area (TPSA) is 20.3 Å². The summed E-state index contributed by atoms with van der Waals surface area (Å²) in [5.74, 6) is 0.141. The van der Waals surface area contributed by atoms with Crippen LogP contribution >= 0.6 is 0 Å². The van der Waals surface area contributed by atoms with Crippen molar-refractivity contribution in [3.63, 3.8) is 0 Å². The summed E-state index contributed by atoms with van der Waals surface area (Å²) in [6.45, 7) is 3.54. The van der Waals surface area contributed by atoms with E-state index in [4.69, 9.17) is 0 Å². The Kier molecular flexibility index (Phi) is 1.91. The molecule has 0 radical (unpaired) electrons. The van der Waals surface area contributed by atoms with Gasteiger partial charge < -0.3 is 4.90 Å². The second-order valence-electron chi connectivity index (χ2n) is 3.77. The van der Waals surface area contributed by atoms with Crippen molar-refractivity contribution in [3.05, 3.63) is 12.7 Å². The molecule has 2 saturated heterocycles. The fourth-order valence-electron chi connectivity index (χ4n) is 2.58. The first-order valence-electron chi connectivity index (χ1n) is 4.77. The standard InChI is InChI=1S/C10H15NO/c1-2-10(12)11-8-4-3-5-9(11)7-6-8/h2,8-9H,1,3-7H2/t8-,9+. The van der Waals surface area contributed by atoms with Crippen LogP contribution in [0.2, 0.25) is 0 Å². The SMILES string of the molecule is C=CC(=O)N1[C@@H]2CCC[C@H]1CC2. The van der Waals surface area contributed by atoms with Crippen LogP contribution in [-0.4, -0.2) is 22.9 Å². The van der Waals surface area contributed by atoms with E-state index in [1.165, 1.54) is 38.2 Å². The molecule has 0 aromatic rings. The molecule has 0 saturated carbocycles. The monoisotopic (exact) mass is 165 g/mol. The van der Waals surface area contributed by atoms with Crippen molar-refractivity contribution in [1.82, 2.24) is 4.90 Å². The zero-order chi connectivity index (χ0) is 8.55. The Bertz CT molecular complexity index is 196. The van der Waals surface area contributed by atoms with Crippen LogP contribution in [0.5, 0.6) is 0 Å². The normalized spacial score (nSPS) is 33.5. The molecule has 2 aliphatic rings. The van der Waals surface area contributed by atoms with Crippen molar-refractivity contribution in [2.75, 3.05) is 0 Å². The lowest BCUT2D eigenvalue weighted by atomic mass is 10.0. The highest BCUT2D eigenvalue weighted by molar-refractivity contribution is 5.87. The van der Waals surface area contributed by atoms with Gasteiger partial charge in [-0.15, -0.1) is 0 Å². The third kappa shape index (κ3) is 1.06. The number of piperidine rings is 1. The molecule has 2 rings (SSSR count). The van der Waals surface area contributed by atoms with Gasteiger partial charge in [-0.25, -0.2) is 0 Å². The molecule has 2 bridgehead atoms. The quantitative estimate of drug-likeness (QED) is 0.542. The average Bonchev–Trinajstić information content (AvgIpc) is 2.35. The molecule has 0 spiro atoms. The van der Waals surface area contributed by atoms with Gasteiger partial charge in [0.1, 0.15) is 0 Å². The molecule has 12 heavy (non-hydrogen) atoms. The summed E-state index contributed by atoms with van der Waals surface area (Å²) in [5.41, 5.74) is 0. The minimum atomic E-state index is 0.141. The maximum absolute atomic E-state index is 11.4. The lowest BCUT2D eigenvalue weighted by Gasteiger charge is -2.33. The minimum Gasteiger partial charge on any atom is -0.333 e. The number of nitrogens with zero attached hydrogens (tertiary/aromatic N) is 1. The van der Waals surface area contributed by atoms with E-state index in [9.17, 15) is 4.79 Å². The minimum absolute atomic E-state index is 0.141. The maximum atomic E-state index is 11.4. The number of fused-ring (bicyclic) bond motifs is 2. The lowest BCUT2D eigenvalue weighted by Crippen LogP contribution is -2.43. The molecule has 2 heteroatoms. The smallest absolute Gasteiger partial charge is 0.246 e. The second kappa shape index (κ2) is 2.92. The first-order chi connectivity index (χ1) is 5.83. The van der Waals surface area contributed by atoms with Crippen molar-refractivity contribution >= 4 is 5.91 Å². The van der Waals surface area contributed by atoms with Gasteiger partial charge in [0, 0.05) is 12.1 Å². The van der Waals surface area contributed by atoms with Gasteiger partial charge >= 0.3 is 0 Å². The second-order valence-corrected chi connectivity index (χ2v) is 3.77. The first kappa shape index (κ1) is 7.84. The molecular weight excluding hydrogens is 150 g/mol. The molecule has 0 N–H and O–H groups in total. The summed E-state index contributed by atoms with van der Waals surface area (Å²) in [7, 11) is 0. The third-order valence-corrected chi connectivity index (χ3v) is 3.12. The lowest BCUT2D eigenvalue weighted by molar-refractivity contribution is -0.130. The number of rotatable bonds is 1. The van der Waals surface area contributed by atoms with Gasteiger partial charge in [0.15, 0.2) is 0 Å². The highest BCUT2D eigenvalue weighted by Crippen LogP contribution is 2.35. The van der Waals surface area contributed by atoms with Gasteiger partial charge in [-0.1, -0.05) is 6.58 Å². The van der Waals surface area contributed by atoms with E-state index in [2.05, 4.69) is 11.5 Å². The Labute approximate surface area is 73.2 Å². The van der Waals surface area contributed by atoms with Crippen molar-refractivity contribution in [3.8, 4) is 0 Å². The summed E-state index contributed by atoms with van der Waals surface area (Å²) in [4.78, 5) is 13.5. The summed E-state index contributed by atoms with van der Waals surface area (Å²) in [5, 5.41) is 0.